The zero-order valence-corrected chi connectivity index (χ0v) is 10.2. The van der Waals surface area contributed by atoms with Crippen LogP contribution < -0.4 is 9.47 Å². The maximum absolute atomic E-state index is 10.1. The molecule has 3 rings (SSSR count). The van der Waals surface area contributed by atoms with Gasteiger partial charge in [0.2, 0.25) is 0 Å². The number of aliphatic hydroxyl groups excluding tert-OH is 2. The molecule has 1 aromatic carbocycles. The molecule has 1 aromatic rings. The van der Waals surface area contributed by atoms with Crippen molar-refractivity contribution in [1.82, 2.24) is 0 Å². The van der Waals surface area contributed by atoms with Crippen molar-refractivity contribution < 1.29 is 19.7 Å². The lowest BCUT2D eigenvalue weighted by molar-refractivity contribution is 0.00472. The fourth-order valence-corrected chi connectivity index (χ4v) is 2.26. The van der Waals surface area contributed by atoms with Gasteiger partial charge < -0.3 is 19.7 Å². The second-order valence-electron chi connectivity index (χ2n) is 5.03. The zero-order valence-electron chi connectivity index (χ0n) is 10.2. The summed E-state index contributed by atoms with van der Waals surface area (Å²) in [5, 5.41) is 20.1. The highest BCUT2D eigenvalue weighted by atomic mass is 16.5. The average Bonchev–Trinajstić information content (AvgIpc) is 3.22. The summed E-state index contributed by atoms with van der Waals surface area (Å²) in [7, 11) is 0. The monoisotopic (exact) mass is 250 g/mol. The molecule has 1 aliphatic carbocycles. The summed E-state index contributed by atoms with van der Waals surface area (Å²) in [5.41, 5.74) is 0.693. The molecule has 0 amide bonds. The Morgan fingerprint density at radius 3 is 2.50 bits per heavy atom. The Morgan fingerprint density at radius 2 is 1.78 bits per heavy atom. The summed E-state index contributed by atoms with van der Waals surface area (Å²) in [4.78, 5) is 0. The van der Waals surface area contributed by atoms with Gasteiger partial charge in [0, 0.05) is 6.42 Å². The maximum atomic E-state index is 10.1. The molecular formula is C14H18O4. The lowest BCUT2D eigenvalue weighted by Crippen LogP contribution is -2.20. The Morgan fingerprint density at radius 1 is 1.06 bits per heavy atom. The molecule has 1 heterocycles. The second-order valence-corrected chi connectivity index (χ2v) is 5.03. The smallest absolute Gasteiger partial charge is 0.161 e. The summed E-state index contributed by atoms with van der Waals surface area (Å²) in [6.07, 6.45) is 1.35. The molecule has 1 aliphatic heterocycles. The summed E-state index contributed by atoms with van der Waals surface area (Å²) in [6, 6.07) is 5.37. The van der Waals surface area contributed by atoms with Crippen molar-refractivity contribution in [2.45, 2.75) is 31.5 Å². The van der Waals surface area contributed by atoms with Gasteiger partial charge in [0.05, 0.1) is 19.3 Å². The molecule has 18 heavy (non-hydrogen) atoms. The van der Waals surface area contributed by atoms with E-state index in [1.165, 1.54) is 0 Å². The van der Waals surface area contributed by atoms with Crippen LogP contribution in [0.25, 0.3) is 0 Å². The molecule has 2 aliphatic rings. The molecule has 0 spiro atoms. The van der Waals surface area contributed by atoms with E-state index in [0.29, 0.717) is 30.3 Å². The lowest BCUT2D eigenvalue weighted by Gasteiger charge is -2.19. The van der Waals surface area contributed by atoms with E-state index in [1.54, 1.807) is 18.2 Å². The van der Waals surface area contributed by atoms with Gasteiger partial charge in [-0.05, 0) is 36.5 Å². The Hall–Kier alpha value is -1.26. The van der Waals surface area contributed by atoms with Crippen LogP contribution in [0.1, 0.15) is 30.9 Å². The predicted molar refractivity (Wildman–Crippen MR) is 65.7 cm³/mol. The highest BCUT2D eigenvalue weighted by Gasteiger charge is 2.35. The van der Waals surface area contributed by atoms with Gasteiger partial charge in [-0.1, -0.05) is 6.07 Å². The molecule has 0 bridgehead atoms. The number of hydrogen-bond acceptors (Lipinski definition) is 4. The van der Waals surface area contributed by atoms with Crippen molar-refractivity contribution in [3.05, 3.63) is 23.8 Å². The van der Waals surface area contributed by atoms with Gasteiger partial charge in [-0.25, -0.2) is 0 Å². The van der Waals surface area contributed by atoms with Gasteiger partial charge >= 0.3 is 0 Å². The van der Waals surface area contributed by atoms with Gasteiger partial charge in [-0.15, -0.1) is 0 Å². The molecule has 98 valence electrons. The van der Waals surface area contributed by atoms with Gasteiger partial charge in [-0.2, -0.15) is 0 Å². The minimum atomic E-state index is -0.838. The molecule has 1 fully saturated rings. The third kappa shape index (κ3) is 2.31. The molecular weight excluding hydrogens is 232 g/mol. The zero-order chi connectivity index (χ0) is 12.5. The third-order valence-electron chi connectivity index (χ3n) is 3.54. The minimum absolute atomic E-state index is 0.246. The number of hydrogen-bond donors (Lipinski definition) is 2. The first-order valence-corrected chi connectivity index (χ1v) is 6.51. The van der Waals surface area contributed by atoms with Gasteiger partial charge in [0.25, 0.3) is 0 Å². The molecule has 4 heteroatoms. The van der Waals surface area contributed by atoms with Crippen molar-refractivity contribution in [2.75, 3.05) is 13.2 Å². The summed E-state index contributed by atoms with van der Waals surface area (Å²) in [6.45, 7) is 1.28. The molecule has 2 unspecified atom stereocenters. The number of rotatable bonds is 3. The van der Waals surface area contributed by atoms with E-state index < -0.39 is 12.2 Å². The first kappa shape index (κ1) is 11.8. The number of benzene rings is 1. The number of ether oxygens (including phenoxy) is 2. The van der Waals surface area contributed by atoms with Crippen LogP contribution in [0, 0.1) is 5.92 Å². The Bertz CT molecular complexity index is 428. The molecule has 0 radical (unpaired) electrons. The van der Waals surface area contributed by atoms with Crippen LogP contribution in [0.2, 0.25) is 0 Å². The third-order valence-corrected chi connectivity index (χ3v) is 3.54. The van der Waals surface area contributed by atoms with Crippen molar-refractivity contribution >= 4 is 0 Å². The lowest BCUT2D eigenvalue weighted by atomic mass is 10.0. The van der Waals surface area contributed by atoms with Crippen LogP contribution in [0.4, 0.5) is 0 Å². The largest absolute Gasteiger partial charge is 0.490 e. The fourth-order valence-electron chi connectivity index (χ4n) is 2.26. The van der Waals surface area contributed by atoms with E-state index in [9.17, 15) is 10.2 Å². The fraction of sp³-hybridized carbons (Fsp3) is 0.571. The van der Waals surface area contributed by atoms with Gasteiger partial charge in [0.1, 0.15) is 6.10 Å². The maximum Gasteiger partial charge on any atom is 0.161 e. The topological polar surface area (TPSA) is 58.9 Å². The first-order chi connectivity index (χ1) is 8.75. The predicted octanol–water partition coefficient (Wildman–Crippen LogP) is 1.65. The Balaban J connectivity index is 1.81. The SMILES string of the molecule is OC(c1ccc2c(c1)OCCCO2)C(O)C1CC1. The molecule has 0 saturated heterocycles. The van der Waals surface area contributed by atoms with Crippen molar-refractivity contribution in [3.63, 3.8) is 0 Å². The van der Waals surface area contributed by atoms with E-state index in [2.05, 4.69) is 0 Å². The number of fused-ring (bicyclic) bond motifs is 1. The van der Waals surface area contributed by atoms with Crippen LogP contribution in [0.15, 0.2) is 18.2 Å². The van der Waals surface area contributed by atoms with Crippen molar-refractivity contribution in [1.29, 1.82) is 0 Å². The summed E-state index contributed by atoms with van der Waals surface area (Å²) < 4.78 is 11.1. The van der Waals surface area contributed by atoms with Gasteiger partial charge in [-0.3, -0.25) is 0 Å². The minimum Gasteiger partial charge on any atom is -0.490 e. The van der Waals surface area contributed by atoms with Crippen LogP contribution >= 0.6 is 0 Å². The van der Waals surface area contributed by atoms with Crippen molar-refractivity contribution in [3.8, 4) is 11.5 Å². The molecule has 2 atom stereocenters. The molecule has 0 aromatic heterocycles. The van der Waals surface area contributed by atoms with E-state index in [-0.39, 0.29) is 5.92 Å². The first-order valence-electron chi connectivity index (χ1n) is 6.51. The molecule has 2 N–H and O–H groups in total. The van der Waals surface area contributed by atoms with Crippen LogP contribution in [-0.2, 0) is 0 Å². The Kier molecular flexibility index (Phi) is 3.14. The van der Waals surface area contributed by atoms with E-state index in [4.69, 9.17) is 9.47 Å². The van der Waals surface area contributed by atoms with Crippen LogP contribution in [0.5, 0.6) is 11.5 Å². The van der Waals surface area contributed by atoms with Crippen LogP contribution in [-0.4, -0.2) is 29.5 Å². The normalized spacial score (nSPS) is 22.1. The molecule has 4 nitrogen and oxygen atoms in total. The molecule has 1 saturated carbocycles. The summed E-state index contributed by atoms with van der Waals surface area (Å²) in [5.74, 6) is 1.62. The van der Waals surface area contributed by atoms with E-state index in [0.717, 1.165) is 19.3 Å². The van der Waals surface area contributed by atoms with Crippen molar-refractivity contribution in [2.24, 2.45) is 5.92 Å². The Labute approximate surface area is 106 Å². The summed E-state index contributed by atoms with van der Waals surface area (Å²) >= 11 is 0. The van der Waals surface area contributed by atoms with Gasteiger partial charge in [0.15, 0.2) is 11.5 Å². The van der Waals surface area contributed by atoms with E-state index >= 15 is 0 Å². The highest BCUT2D eigenvalue weighted by molar-refractivity contribution is 5.44. The quantitative estimate of drug-likeness (QED) is 0.856. The second kappa shape index (κ2) is 4.78. The highest BCUT2D eigenvalue weighted by Crippen LogP contribution is 2.40. The van der Waals surface area contributed by atoms with E-state index in [1.807, 2.05) is 0 Å². The van der Waals surface area contributed by atoms with Crippen LogP contribution in [0.3, 0.4) is 0 Å². The average molecular weight is 250 g/mol. The number of aliphatic hydroxyl groups is 2. The standard InChI is InChI=1S/C14H18O4/c15-13(9-2-3-9)14(16)10-4-5-11-12(8-10)18-7-1-6-17-11/h4-5,8-9,13-16H,1-3,6-7H2.